The Balaban J connectivity index is 2.65. The number of nitrogens with zero attached hydrogens (tertiary/aromatic N) is 2. The van der Waals surface area contributed by atoms with Gasteiger partial charge in [-0.25, -0.2) is 0 Å². The lowest BCUT2D eigenvalue weighted by molar-refractivity contribution is 0.0329. The van der Waals surface area contributed by atoms with E-state index in [1.165, 1.54) is 0 Å². The zero-order chi connectivity index (χ0) is 10.6. The van der Waals surface area contributed by atoms with Crippen molar-refractivity contribution in [1.29, 1.82) is 5.26 Å². The highest BCUT2D eigenvalue weighted by molar-refractivity contribution is 5.31. The number of hydrogen-bond acceptors (Lipinski definition) is 3. The summed E-state index contributed by atoms with van der Waals surface area (Å²) < 4.78 is 0. The Morgan fingerprint density at radius 2 is 2.00 bits per heavy atom. The van der Waals surface area contributed by atoms with E-state index in [0.717, 1.165) is 5.56 Å². The van der Waals surface area contributed by atoms with E-state index in [2.05, 4.69) is 6.07 Å². The molecule has 1 N–H and O–H groups in total. The van der Waals surface area contributed by atoms with Crippen LogP contribution in [0.2, 0.25) is 0 Å². The van der Waals surface area contributed by atoms with Crippen LogP contribution in [-0.2, 0) is 6.54 Å². The van der Waals surface area contributed by atoms with Gasteiger partial charge in [0, 0.05) is 6.54 Å². The zero-order valence-corrected chi connectivity index (χ0v) is 8.44. The third-order valence-electron chi connectivity index (χ3n) is 2.15. The molecule has 0 spiro atoms. The van der Waals surface area contributed by atoms with Gasteiger partial charge in [0.05, 0.1) is 11.6 Å². The van der Waals surface area contributed by atoms with Gasteiger partial charge in [0.1, 0.15) is 6.23 Å². The first kappa shape index (κ1) is 10.7. The minimum atomic E-state index is -0.453. The summed E-state index contributed by atoms with van der Waals surface area (Å²) in [5.74, 6) is 0. The number of rotatable bonds is 3. The van der Waals surface area contributed by atoms with Crippen molar-refractivity contribution in [3.8, 4) is 6.07 Å². The predicted molar refractivity (Wildman–Crippen MR) is 54.3 cm³/mol. The molecule has 1 atom stereocenters. The van der Waals surface area contributed by atoms with Gasteiger partial charge >= 0.3 is 0 Å². The molecule has 0 fully saturated rings. The van der Waals surface area contributed by atoms with Crippen molar-refractivity contribution in [2.24, 2.45) is 0 Å². The van der Waals surface area contributed by atoms with Crippen LogP contribution in [0.25, 0.3) is 0 Å². The van der Waals surface area contributed by atoms with E-state index < -0.39 is 6.23 Å². The molecule has 3 nitrogen and oxygen atoms in total. The zero-order valence-electron chi connectivity index (χ0n) is 8.44. The normalized spacial score (nSPS) is 12.5. The molecule has 0 saturated heterocycles. The molecule has 1 aromatic carbocycles. The molecule has 0 heterocycles. The molecular formula is C11H14N2O. The van der Waals surface area contributed by atoms with E-state index in [-0.39, 0.29) is 0 Å². The van der Waals surface area contributed by atoms with Gasteiger partial charge in [-0.2, -0.15) is 5.26 Å². The molecule has 1 unspecified atom stereocenters. The summed E-state index contributed by atoms with van der Waals surface area (Å²) in [5, 5.41) is 17.9. The molecule has 0 radical (unpaired) electrons. The van der Waals surface area contributed by atoms with Crippen LogP contribution in [-0.4, -0.2) is 23.3 Å². The molecule has 3 heteroatoms. The number of aliphatic hydroxyl groups excluding tert-OH is 1. The van der Waals surface area contributed by atoms with Crippen LogP contribution in [0.4, 0.5) is 0 Å². The Morgan fingerprint density at radius 3 is 2.43 bits per heavy atom. The van der Waals surface area contributed by atoms with E-state index in [9.17, 15) is 5.11 Å². The van der Waals surface area contributed by atoms with E-state index >= 15 is 0 Å². The summed E-state index contributed by atoms with van der Waals surface area (Å²) in [6.07, 6.45) is -0.453. The smallest absolute Gasteiger partial charge is 0.104 e. The third-order valence-corrected chi connectivity index (χ3v) is 2.15. The molecule has 0 aliphatic carbocycles. The summed E-state index contributed by atoms with van der Waals surface area (Å²) in [6.45, 7) is 2.41. The van der Waals surface area contributed by atoms with Crippen molar-refractivity contribution < 1.29 is 5.11 Å². The highest BCUT2D eigenvalue weighted by Crippen LogP contribution is 2.06. The lowest BCUT2D eigenvalue weighted by Crippen LogP contribution is -2.27. The number of hydrogen-bond donors (Lipinski definition) is 1. The predicted octanol–water partition coefficient (Wildman–Crippen LogP) is 1.33. The molecule has 0 bridgehead atoms. The van der Waals surface area contributed by atoms with Crippen molar-refractivity contribution in [2.75, 3.05) is 7.05 Å². The highest BCUT2D eigenvalue weighted by atomic mass is 16.3. The first-order valence-corrected chi connectivity index (χ1v) is 4.51. The number of nitriles is 1. The van der Waals surface area contributed by atoms with Gasteiger partial charge in [0.15, 0.2) is 0 Å². The van der Waals surface area contributed by atoms with Gasteiger partial charge in [-0.3, -0.25) is 4.90 Å². The molecule has 14 heavy (non-hydrogen) atoms. The molecule has 0 amide bonds. The largest absolute Gasteiger partial charge is 0.379 e. The second kappa shape index (κ2) is 4.75. The van der Waals surface area contributed by atoms with Gasteiger partial charge in [-0.15, -0.1) is 0 Å². The van der Waals surface area contributed by atoms with Gasteiger partial charge in [-0.05, 0) is 31.7 Å². The summed E-state index contributed by atoms with van der Waals surface area (Å²) in [4.78, 5) is 1.82. The fourth-order valence-corrected chi connectivity index (χ4v) is 1.10. The highest BCUT2D eigenvalue weighted by Gasteiger charge is 2.04. The molecule has 0 aliphatic rings. The molecule has 0 aromatic heterocycles. The average molecular weight is 190 g/mol. The number of benzene rings is 1. The lowest BCUT2D eigenvalue weighted by Gasteiger charge is -2.19. The molecule has 74 valence electrons. The molecule has 0 saturated carbocycles. The topological polar surface area (TPSA) is 47.3 Å². The molecule has 1 rings (SSSR count). The van der Waals surface area contributed by atoms with Crippen molar-refractivity contribution >= 4 is 0 Å². The van der Waals surface area contributed by atoms with E-state index in [1.54, 1.807) is 19.1 Å². The molecular weight excluding hydrogens is 176 g/mol. The Morgan fingerprint density at radius 1 is 1.43 bits per heavy atom. The minimum absolute atomic E-state index is 0.453. The number of aliphatic hydroxyl groups is 1. The van der Waals surface area contributed by atoms with Crippen molar-refractivity contribution in [2.45, 2.75) is 19.7 Å². The van der Waals surface area contributed by atoms with Gasteiger partial charge in [-0.1, -0.05) is 12.1 Å². The standard InChI is InChI=1S/C11H14N2O/c1-9(14)13(2)8-11-5-3-10(7-12)4-6-11/h3-6,9,14H,8H2,1-2H3. The van der Waals surface area contributed by atoms with E-state index in [4.69, 9.17) is 5.26 Å². The minimum Gasteiger partial charge on any atom is -0.379 e. The average Bonchev–Trinajstić information content (AvgIpc) is 2.19. The van der Waals surface area contributed by atoms with Crippen LogP contribution in [0.15, 0.2) is 24.3 Å². The first-order valence-electron chi connectivity index (χ1n) is 4.51. The van der Waals surface area contributed by atoms with Crippen LogP contribution in [0.3, 0.4) is 0 Å². The van der Waals surface area contributed by atoms with Crippen LogP contribution in [0, 0.1) is 11.3 Å². The third kappa shape index (κ3) is 2.84. The Labute approximate surface area is 84.2 Å². The van der Waals surface area contributed by atoms with Crippen molar-refractivity contribution in [3.05, 3.63) is 35.4 Å². The summed E-state index contributed by atoms with van der Waals surface area (Å²) in [7, 11) is 1.85. The van der Waals surface area contributed by atoms with Crippen molar-refractivity contribution in [1.82, 2.24) is 4.90 Å². The maximum Gasteiger partial charge on any atom is 0.104 e. The first-order chi connectivity index (χ1) is 6.63. The fourth-order valence-electron chi connectivity index (χ4n) is 1.10. The van der Waals surface area contributed by atoms with Gasteiger partial charge in [0.2, 0.25) is 0 Å². The van der Waals surface area contributed by atoms with E-state index in [0.29, 0.717) is 12.1 Å². The molecule has 0 aliphatic heterocycles. The second-order valence-electron chi connectivity index (χ2n) is 3.36. The Bertz CT molecular complexity index is 324. The lowest BCUT2D eigenvalue weighted by atomic mass is 10.1. The summed E-state index contributed by atoms with van der Waals surface area (Å²) in [6, 6.07) is 9.43. The van der Waals surface area contributed by atoms with Crippen LogP contribution in [0.1, 0.15) is 18.1 Å². The SMILES string of the molecule is CC(O)N(C)Cc1ccc(C#N)cc1. The quantitative estimate of drug-likeness (QED) is 0.731. The monoisotopic (exact) mass is 190 g/mol. The molecule has 1 aromatic rings. The van der Waals surface area contributed by atoms with E-state index in [1.807, 2.05) is 24.1 Å². The van der Waals surface area contributed by atoms with Crippen LogP contribution in [0.5, 0.6) is 0 Å². The Kier molecular flexibility index (Phi) is 3.63. The fraction of sp³-hybridized carbons (Fsp3) is 0.364. The van der Waals surface area contributed by atoms with Gasteiger partial charge < -0.3 is 5.11 Å². The maximum absolute atomic E-state index is 9.26. The second-order valence-corrected chi connectivity index (χ2v) is 3.36. The van der Waals surface area contributed by atoms with Gasteiger partial charge in [0.25, 0.3) is 0 Å². The van der Waals surface area contributed by atoms with Crippen LogP contribution < -0.4 is 0 Å². The Hall–Kier alpha value is -1.37. The van der Waals surface area contributed by atoms with Crippen LogP contribution >= 0.6 is 0 Å². The van der Waals surface area contributed by atoms with Crippen molar-refractivity contribution in [3.63, 3.8) is 0 Å². The summed E-state index contributed by atoms with van der Waals surface area (Å²) >= 11 is 0. The summed E-state index contributed by atoms with van der Waals surface area (Å²) in [5.41, 5.74) is 1.75. The maximum atomic E-state index is 9.26.